The summed E-state index contributed by atoms with van der Waals surface area (Å²) in [6, 6.07) is 24.3. The first-order chi connectivity index (χ1) is 27.6. The molecule has 2 N–H and O–H groups in total. The maximum atomic E-state index is 9.56. The molecule has 304 valence electrons. The lowest BCUT2D eigenvalue weighted by molar-refractivity contribution is 0.00432. The Kier molecular flexibility index (Phi) is 19.0. The van der Waals surface area contributed by atoms with Crippen LogP contribution in [0.4, 0.5) is 0 Å². The van der Waals surface area contributed by atoms with Crippen LogP contribution in [0.15, 0.2) is 84.9 Å². The Hall–Kier alpha value is -4.96. The molecule has 0 aromatic heterocycles. The highest BCUT2D eigenvalue weighted by Crippen LogP contribution is 2.27. The number of hydrogen-bond donors (Lipinski definition) is 2. The quantitative estimate of drug-likeness (QED) is 0.250. The van der Waals surface area contributed by atoms with Crippen molar-refractivity contribution in [2.45, 2.75) is 13.2 Å². The SMILES string of the molecule is Oc1ccc(OCc2cc3cc(c2)OCCOCCOCCOCCOc2cc(COc4ccc(O)cc4)cc(c2)OCCOCCOCCOCCO3)cc1. The van der Waals surface area contributed by atoms with Crippen LogP contribution in [0, 0.1) is 0 Å². The first-order valence-corrected chi connectivity index (χ1v) is 18.7. The molecule has 0 aliphatic carbocycles. The molecule has 1 heterocycles. The summed E-state index contributed by atoms with van der Waals surface area (Å²) in [5.74, 6) is 4.08. The van der Waals surface area contributed by atoms with E-state index in [-0.39, 0.29) is 24.7 Å². The Morgan fingerprint density at radius 3 is 0.857 bits per heavy atom. The highest BCUT2D eigenvalue weighted by molar-refractivity contribution is 5.40. The molecule has 0 amide bonds. The molecule has 0 atom stereocenters. The van der Waals surface area contributed by atoms with E-state index in [1.807, 2.05) is 36.4 Å². The first kappa shape index (κ1) is 42.2. The van der Waals surface area contributed by atoms with Crippen molar-refractivity contribution in [2.75, 3.05) is 106 Å². The molecule has 14 nitrogen and oxygen atoms in total. The lowest BCUT2D eigenvalue weighted by Gasteiger charge is -2.14. The second kappa shape index (κ2) is 25.2. The minimum atomic E-state index is 0.172. The third-order valence-corrected chi connectivity index (χ3v) is 7.84. The number of aromatic hydroxyl groups is 2. The van der Waals surface area contributed by atoms with Crippen LogP contribution in [0.3, 0.4) is 0 Å². The molecule has 4 aromatic carbocycles. The molecule has 5 rings (SSSR count). The maximum Gasteiger partial charge on any atom is 0.123 e. The summed E-state index contributed by atoms with van der Waals surface area (Å²) in [6.45, 7) is 6.73. The smallest absolute Gasteiger partial charge is 0.123 e. The van der Waals surface area contributed by atoms with Crippen molar-refractivity contribution in [1.82, 2.24) is 0 Å². The largest absolute Gasteiger partial charge is 0.508 e. The molecule has 4 aromatic rings. The molecular formula is C42H52O14. The average Bonchev–Trinajstić information content (AvgIpc) is 3.20. The maximum absolute atomic E-state index is 9.56. The molecule has 0 spiro atoms. The fourth-order valence-electron chi connectivity index (χ4n) is 5.14. The monoisotopic (exact) mass is 780 g/mol. The number of phenols is 2. The second-order valence-corrected chi connectivity index (χ2v) is 12.3. The van der Waals surface area contributed by atoms with Crippen molar-refractivity contribution in [2.24, 2.45) is 0 Å². The molecule has 0 saturated carbocycles. The predicted molar refractivity (Wildman–Crippen MR) is 205 cm³/mol. The molecule has 0 fully saturated rings. The highest BCUT2D eigenvalue weighted by atomic mass is 16.6. The topological polar surface area (TPSA) is 151 Å². The minimum Gasteiger partial charge on any atom is -0.508 e. The zero-order valence-corrected chi connectivity index (χ0v) is 31.6. The van der Waals surface area contributed by atoms with Gasteiger partial charge in [0.2, 0.25) is 0 Å². The van der Waals surface area contributed by atoms with Gasteiger partial charge < -0.3 is 67.1 Å². The Labute approximate surface area is 327 Å². The lowest BCUT2D eigenvalue weighted by Crippen LogP contribution is -2.15. The summed E-state index contributed by atoms with van der Waals surface area (Å²) in [4.78, 5) is 0. The Morgan fingerprint density at radius 1 is 0.339 bits per heavy atom. The van der Waals surface area contributed by atoms with Crippen LogP contribution >= 0.6 is 0 Å². The molecule has 14 heteroatoms. The lowest BCUT2D eigenvalue weighted by atomic mass is 10.2. The van der Waals surface area contributed by atoms with Crippen molar-refractivity contribution in [3.05, 3.63) is 96.1 Å². The third-order valence-electron chi connectivity index (χ3n) is 7.84. The van der Waals surface area contributed by atoms with Crippen molar-refractivity contribution in [3.63, 3.8) is 0 Å². The Morgan fingerprint density at radius 2 is 0.589 bits per heavy atom. The zero-order valence-electron chi connectivity index (χ0n) is 31.6. The normalized spacial score (nSPS) is 16.6. The number of phenolic OH excluding ortho intramolecular Hbond substituents is 2. The molecule has 56 heavy (non-hydrogen) atoms. The number of benzene rings is 4. The van der Waals surface area contributed by atoms with E-state index >= 15 is 0 Å². The zero-order chi connectivity index (χ0) is 38.9. The standard InChI is InChI=1S/C42H52O14/c43-35-1-5-37(6-2-35)55-31-33-25-39-29-40(26-33)52-22-18-48-14-10-46-12-16-50-20-24-54-42-28-34(32-56-38-7-3-36(44)4-8-38)27-41(30-42)53-23-19-49-15-11-45-9-13-47-17-21-51-39/h1-8,25-30,43-44H,9-24,31-32H2. The van der Waals surface area contributed by atoms with E-state index in [0.29, 0.717) is 140 Å². The summed E-state index contributed by atoms with van der Waals surface area (Å²) in [5, 5.41) is 19.1. The molecule has 1 aliphatic rings. The van der Waals surface area contributed by atoms with Crippen LogP contribution in [-0.4, -0.2) is 116 Å². The fraction of sp³-hybridized carbons (Fsp3) is 0.429. The van der Waals surface area contributed by atoms with Gasteiger partial charge in [0.05, 0.1) is 79.3 Å². The van der Waals surface area contributed by atoms with E-state index in [1.165, 1.54) is 0 Å². The van der Waals surface area contributed by atoms with E-state index in [9.17, 15) is 10.2 Å². The van der Waals surface area contributed by atoms with E-state index in [0.717, 1.165) is 11.1 Å². The van der Waals surface area contributed by atoms with Crippen LogP contribution < -0.4 is 28.4 Å². The number of rotatable bonds is 6. The van der Waals surface area contributed by atoms with Crippen molar-refractivity contribution in [1.29, 1.82) is 0 Å². The summed E-state index contributed by atoms with van der Waals surface area (Å²) in [6.07, 6.45) is 0. The van der Waals surface area contributed by atoms with Gasteiger partial charge >= 0.3 is 0 Å². The number of ether oxygens (including phenoxy) is 12. The molecule has 4 bridgehead atoms. The van der Waals surface area contributed by atoms with Gasteiger partial charge in [0, 0.05) is 12.1 Å². The van der Waals surface area contributed by atoms with Gasteiger partial charge in [0.15, 0.2) is 0 Å². The number of fused-ring (bicyclic) bond motifs is 4. The van der Waals surface area contributed by atoms with Gasteiger partial charge in [-0.3, -0.25) is 0 Å². The van der Waals surface area contributed by atoms with Crippen molar-refractivity contribution >= 4 is 0 Å². The summed E-state index contributed by atoms with van der Waals surface area (Å²) in [7, 11) is 0. The summed E-state index contributed by atoms with van der Waals surface area (Å²) < 4.78 is 69.7. The van der Waals surface area contributed by atoms with E-state index in [1.54, 1.807) is 48.5 Å². The van der Waals surface area contributed by atoms with Gasteiger partial charge in [0.1, 0.15) is 85.6 Å². The van der Waals surface area contributed by atoms with Crippen molar-refractivity contribution in [3.8, 4) is 46.0 Å². The Bertz CT molecular complexity index is 1460. The van der Waals surface area contributed by atoms with E-state index < -0.39 is 0 Å². The summed E-state index contributed by atoms with van der Waals surface area (Å²) >= 11 is 0. The summed E-state index contributed by atoms with van der Waals surface area (Å²) in [5.41, 5.74) is 1.70. The third kappa shape index (κ3) is 17.2. The minimum absolute atomic E-state index is 0.172. The molecular weight excluding hydrogens is 728 g/mol. The molecule has 0 unspecified atom stereocenters. The van der Waals surface area contributed by atoms with Gasteiger partial charge in [0.25, 0.3) is 0 Å². The molecule has 1 aliphatic heterocycles. The van der Waals surface area contributed by atoms with Crippen LogP contribution in [-0.2, 0) is 41.6 Å². The molecule has 0 radical (unpaired) electrons. The van der Waals surface area contributed by atoms with E-state index in [2.05, 4.69) is 0 Å². The Balaban J connectivity index is 1.08. The van der Waals surface area contributed by atoms with Crippen LogP contribution in [0.5, 0.6) is 46.0 Å². The van der Waals surface area contributed by atoms with Gasteiger partial charge in [-0.15, -0.1) is 0 Å². The van der Waals surface area contributed by atoms with Gasteiger partial charge in [-0.1, -0.05) is 0 Å². The number of hydrogen-bond acceptors (Lipinski definition) is 14. The van der Waals surface area contributed by atoms with Gasteiger partial charge in [-0.25, -0.2) is 0 Å². The average molecular weight is 781 g/mol. The van der Waals surface area contributed by atoms with Crippen LogP contribution in [0.1, 0.15) is 11.1 Å². The molecule has 0 saturated heterocycles. The van der Waals surface area contributed by atoms with Crippen LogP contribution in [0.25, 0.3) is 0 Å². The first-order valence-electron chi connectivity index (χ1n) is 18.7. The fourth-order valence-corrected chi connectivity index (χ4v) is 5.14. The van der Waals surface area contributed by atoms with Crippen molar-refractivity contribution < 1.29 is 67.1 Å². The second-order valence-electron chi connectivity index (χ2n) is 12.3. The van der Waals surface area contributed by atoms with Gasteiger partial charge in [-0.2, -0.15) is 0 Å². The predicted octanol–water partition coefficient (Wildman–Crippen LogP) is 5.58. The van der Waals surface area contributed by atoms with E-state index in [4.69, 9.17) is 56.8 Å². The van der Waals surface area contributed by atoms with Crippen LogP contribution in [0.2, 0.25) is 0 Å². The van der Waals surface area contributed by atoms with Gasteiger partial charge in [-0.05, 0) is 83.9 Å². The highest BCUT2D eigenvalue weighted by Gasteiger charge is 2.08.